The molecule has 2 aliphatic carbocycles. The molecule has 0 bridgehead atoms. The van der Waals surface area contributed by atoms with Crippen LogP contribution in [0.15, 0.2) is 12.2 Å². The highest BCUT2D eigenvalue weighted by molar-refractivity contribution is 5.15. The molecule has 3 atom stereocenters. The van der Waals surface area contributed by atoms with Gasteiger partial charge < -0.3 is 5.11 Å². The van der Waals surface area contributed by atoms with Gasteiger partial charge >= 0.3 is 0 Å². The van der Waals surface area contributed by atoms with E-state index in [1.54, 1.807) is 0 Å². The molecule has 2 rings (SSSR count). The van der Waals surface area contributed by atoms with Gasteiger partial charge in [0.15, 0.2) is 0 Å². The monoisotopic (exact) mass is 180 g/mol. The zero-order valence-electron chi connectivity index (χ0n) is 8.71. The van der Waals surface area contributed by atoms with Crippen molar-refractivity contribution >= 4 is 0 Å². The number of rotatable bonds is 0. The summed E-state index contributed by atoms with van der Waals surface area (Å²) in [4.78, 5) is 0. The highest BCUT2D eigenvalue weighted by Gasteiger charge is 2.46. The minimum atomic E-state index is -0.109. The van der Waals surface area contributed by atoms with Crippen LogP contribution in [-0.4, -0.2) is 11.2 Å². The molecule has 0 amide bonds. The van der Waals surface area contributed by atoms with Crippen LogP contribution in [-0.2, 0) is 0 Å². The van der Waals surface area contributed by atoms with Crippen molar-refractivity contribution in [3.05, 3.63) is 12.2 Å². The molecule has 2 saturated carbocycles. The molecule has 0 aromatic carbocycles. The number of aliphatic hydroxyl groups is 1. The minimum absolute atomic E-state index is 0.109. The maximum Gasteiger partial charge on any atom is 0.0580 e. The van der Waals surface area contributed by atoms with Crippen molar-refractivity contribution in [2.24, 2.45) is 17.3 Å². The molecule has 0 aromatic rings. The fraction of sp³-hybridized carbons (Fsp3) is 0.833. The number of hydrogen-bond acceptors (Lipinski definition) is 1. The maximum atomic E-state index is 9.64. The van der Waals surface area contributed by atoms with E-state index in [0.29, 0.717) is 17.3 Å². The smallest absolute Gasteiger partial charge is 0.0580 e. The van der Waals surface area contributed by atoms with Crippen molar-refractivity contribution in [2.75, 3.05) is 0 Å². The van der Waals surface area contributed by atoms with Crippen LogP contribution in [0, 0.1) is 17.3 Å². The largest absolute Gasteiger partial charge is 0.393 e. The van der Waals surface area contributed by atoms with Gasteiger partial charge in [-0.1, -0.05) is 26.0 Å². The van der Waals surface area contributed by atoms with Gasteiger partial charge in [0.25, 0.3) is 0 Å². The lowest BCUT2D eigenvalue weighted by molar-refractivity contribution is 0.0913. The summed E-state index contributed by atoms with van der Waals surface area (Å²) in [7, 11) is 0. The summed E-state index contributed by atoms with van der Waals surface area (Å²) in [5.41, 5.74) is 1.73. The Hall–Kier alpha value is -0.300. The van der Waals surface area contributed by atoms with Gasteiger partial charge in [0, 0.05) is 0 Å². The van der Waals surface area contributed by atoms with Crippen LogP contribution < -0.4 is 0 Å². The second-order valence-electron chi connectivity index (χ2n) is 5.52. The summed E-state index contributed by atoms with van der Waals surface area (Å²) in [5.74, 6) is 1.39. The van der Waals surface area contributed by atoms with Gasteiger partial charge in [-0.25, -0.2) is 0 Å². The summed E-state index contributed by atoms with van der Waals surface area (Å²) in [5, 5.41) is 9.64. The van der Waals surface area contributed by atoms with E-state index in [2.05, 4.69) is 20.4 Å². The average molecular weight is 180 g/mol. The molecule has 1 nitrogen and oxygen atoms in total. The summed E-state index contributed by atoms with van der Waals surface area (Å²) < 4.78 is 0. The molecule has 0 aliphatic heterocycles. The summed E-state index contributed by atoms with van der Waals surface area (Å²) in [6.45, 7) is 8.84. The van der Waals surface area contributed by atoms with Gasteiger partial charge in [-0.15, -0.1) is 0 Å². The molecule has 1 N–H and O–H groups in total. The molecular formula is C12H20O. The fourth-order valence-electron chi connectivity index (χ4n) is 3.52. The van der Waals surface area contributed by atoms with Crippen molar-refractivity contribution in [2.45, 2.75) is 45.6 Å². The second kappa shape index (κ2) is 2.84. The van der Waals surface area contributed by atoms with Crippen LogP contribution in [0.4, 0.5) is 0 Å². The van der Waals surface area contributed by atoms with E-state index in [1.165, 1.54) is 18.4 Å². The van der Waals surface area contributed by atoms with Crippen LogP contribution in [0.3, 0.4) is 0 Å². The number of fused-ring (bicyclic) bond motifs is 1. The number of hydrogen-bond donors (Lipinski definition) is 1. The fourth-order valence-corrected chi connectivity index (χ4v) is 3.52. The highest BCUT2D eigenvalue weighted by Crippen LogP contribution is 2.54. The van der Waals surface area contributed by atoms with E-state index in [0.717, 1.165) is 12.8 Å². The molecule has 0 spiro atoms. The molecule has 0 saturated heterocycles. The standard InChI is InChI=1S/C12H20O/c1-8-6-10(13)7-9-4-5-12(2,3)11(8)9/h9-11,13H,1,4-7H2,2-3H3. The summed E-state index contributed by atoms with van der Waals surface area (Å²) in [6.07, 6.45) is 4.32. The Kier molecular flexibility index (Phi) is 2.03. The Balaban J connectivity index is 2.21. The molecule has 74 valence electrons. The lowest BCUT2D eigenvalue weighted by atomic mass is 9.68. The summed E-state index contributed by atoms with van der Waals surface area (Å²) >= 11 is 0. The third kappa shape index (κ3) is 1.43. The van der Waals surface area contributed by atoms with Crippen LogP contribution in [0.1, 0.15) is 39.5 Å². The van der Waals surface area contributed by atoms with Crippen molar-refractivity contribution in [1.82, 2.24) is 0 Å². The van der Waals surface area contributed by atoms with E-state index < -0.39 is 0 Å². The molecule has 0 aromatic heterocycles. The van der Waals surface area contributed by atoms with Gasteiger partial charge in [0.2, 0.25) is 0 Å². The van der Waals surface area contributed by atoms with Gasteiger partial charge in [-0.3, -0.25) is 0 Å². The van der Waals surface area contributed by atoms with Crippen LogP contribution in [0.2, 0.25) is 0 Å². The predicted molar refractivity (Wildman–Crippen MR) is 54.4 cm³/mol. The first kappa shape index (κ1) is 9.26. The molecule has 2 aliphatic rings. The van der Waals surface area contributed by atoms with E-state index in [4.69, 9.17) is 0 Å². The minimum Gasteiger partial charge on any atom is -0.393 e. The van der Waals surface area contributed by atoms with Gasteiger partial charge in [-0.2, -0.15) is 0 Å². The van der Waals surface area contributed by atoms with Crippen molar-refractivity contribution in [1.29, 1.82) is 0 Å². The van der Waals surface area contributed by atoms with E-state index in [-0.39, 0.29) is 6.10 Å². The third-order valence-electron chi connectivity index (χ3n) is 3.99. The second-order valence-corrected chi connectivity index (χ2v) is 5.52. The lowest BCUT2D eigenvalue weighted by Gasteiger charge is -2.38. The normalized spacial score (nSPS) is 43.3. The average Bonchev–Trinajstić information content (AvgIpc) is 2.26. The Morgan fingerprint density at radius 3 is 2.85 bits per heavy atom. The van der Waals surface area contributed by atoms with Crippen LogP contribution >= 0.6 is 0 Å². The molecule has 1 heteroatoms. The number of aliphatic hydroxyl groups excluding tert-OH is 1. The Bertz CT molecular complexity index is 229. The zero-order chi connectivity index (χ0) is 9.64. The van der Waals surface area contributed by atoms with Crippen LogP contribution in [0.5, 0.6) is 0 Å². The van der Waals surface area contributed by atoms with Crippen molar-refractivity contribution in [3.8, 4) is 0 Å². The highest BCUT2D eigenvalue weighted by atomic mass is 16.3. The first-order chi connectivity index (χ1) is 6.00. The molecule has 13 heavy (non-hydrogen) atoms. The molecule has 0 heterocycles. The lowest BCUT2D eigenvalue weighted by Crippen LogP contribution is -2.32. The van der Waals surface area contributed by atoms with Crippen molar-refractivity contribution in [3.63, 3.8) is 0 Å². The van der Waals surface area contributed by atoms with E-state index in [9.17, 15) is 5.11 Å². The first-order valence-corrected chi connectivity index (χ1v) is 5.36. The van der Waals surface area contributed by atoms with Crippen LogP contribution in [0.25, 0.3) is 0 Å². The Morgan fingerprint density at radius 2 is 2.15 bits per heavy atom. The summed E-state index contributed by atoms with van der Waals surface area (Å²) in [6, 6.07) is 0. The van der Waals surface area contributed by atoms with Gasteiger partial charge in [0.05, 0.1) is 6.10 Å². The first-order valence-electron chi connectivity index (χ1n) is 5.36. The Morgan fingerprint density at radius 1 is 1.46 bits per heavy atom. The zero-order valence-corrected chi connectivity index (χ0v) is 8.71. The van der Waals surface area contributed by atoms with Crippen molar-refractivity contribution < 1.29 is 5.11 Å². The molecule has 3 unspecified atom stereocenters. The predicted octanol–water partition coefficient (Wildman–Crippen LogP) is 2.75. The Labute approximate surface area is 80.8 Å². The van der Waals surface area contributed by atoms with E-state index >= 15 is 0 Å². The quantitative estimate of drug-likeness (QED) is 0.568. The maximum absolute atomic E-state index is 9.64. The SMILES string of the molecule is C=C1CC(O)CC2CCC(C)(C)C12. The topological polar surface area (TPSA) is 20.2 Å². The molecule has 2 fully saturated rings. The third-order valence-corrected chi connectivity index (χ3v) is 3.99. The molecule has 0 radical (unpaired) electrons. The van der Waals surface area contributed by atoms with Gasteiger partial charge in [0.1, 0.15) is 0 Å². The van der Waals surface area contributed by atoms with Gasteiger partial charge in [-0.05, 0) is 42.9 Å². The van der Waals surface area contributed by atoms with E-state index in [1.807, 2.05) is 0 Å². The molecular weight excluding hydrogens is 160 g/mol.